The number of aromatic nitrogens is 1. The van der Waals surface area contributed by atoms with Gasteiger partial charge in [0.25, 0.3) is 0 Å². The molecule has 168 valence electrons. The van der Waals surface area contributed by atoms with E-state index < -0.39 is 24.3 Å². The van der Waals surface area contributed by atoms with Gasteiger partial charge in [-0.25, -0.2) is 14.2 Å². The van der Waals surface area contributed by atoms with E-state index in [1.165, 1.54) is 19.6 Å². The SMILES string of the molecule is COC(F)CN(CCCCc1ccc2c(n1)NCCC2)CCC(NC(C)=O)C(=O)O. The molecule has 0 fully saturated rings. The van der Waals surface area contributed by atoms with Crippen LogP contribution in [0, 0.1) is 0 Å². The van der Waals surface area contributed by atoms with Gasteiger partial charge in [-0.05, 0) is 56.7 Å². The van der Waals surface area contributed by atoms with E-state index >= 15 is 0 Å². The van der Waals surface area contributed by atoms with Gasteiger partial charge in [0.05, 0.1) is 6.54 Å². The number of halogens is 1. The van der Waals surface area contributed by atoms with E-state index in [-0.39, 0.29) is 13.0 Å². The second-order valence-corrected chi connectivity index (χ2v) is 7.62. The molecular formula is C21H33FN4O4. The Labute approximate surface area is 177 Å². The highest BCUT2D eigenvalue weighted by atomic mass is 19.1. The molecule has 0 aromatic carbocycles. The lowest BCUT2D eigenvalue weighted by Crippen LogP contribution is -2.43. The van der Waals surface area contributed by atoms with Crippen molar-refractivity contribution in [2.75, 3.05) is 38.6 Å². The third-order valence-electron chi connectivity index (χ3n) is 5.18. The molecule has 0 spiro atoms. The molecule has 0 bridgehead atoms. The van der Waals surface area contributed by atoms with Crippen LogP contribution in [0.25, 0.3) is 0 Å². The summed E-state index contributed by atoms with van der Waals surface area (Å²) >= 11 is 0. The first-order valence-corrected chi connectivity index (χ1v) is 10.5. The summed E-state index contributed by atoms with van der Waals surface area (Å²) in [6.07, 6.45) is 3.48. The molecule has 2 heterocycles. The first-order valence-electron chi connectivity index (χ1n) is 10.5. The van der Waals surface area contributed by atoms with Crippen molar-refractivity contribution in [1.82, 2.24) is 15.2 Å². The second kappa shape index (κ2) is 12.4. The highest BCUT2D eigenvalue weighted by Gasteiger charge is 2.21. The number of nitrogens with zero attached hydrogens (tertiary/aromatic N) is 2. The second-order valence-electron chi connectivity index (χ2n) is 7.62. The summed E-state index contributed by atoms with van der Waals surface area (Å²) in [6.45, 7) is 3.25. The molecule has 2 rings (SSSR count). The van der Waals surface area contributed by atoms with Crippen molar-refractivity contribution in [1.29, 1.82) is 0 Å². The number of unbranched alkanes of at least 4 members (excludes halogenated alkanes) is 1. The van der Waals surface area contributed by atoms with Gasteiger partial charge in [-0.1, -0.05) is 6.07 Å². The number of nitrogens with one attached hydrogen (secondary N) is 2. The Morgan fingerprint density at radius 2 is 2.17 bits per heavy atom. The largest absolute Gasteiger partial charge is 0.480 e. The Morgan fingerprint density at radius 3 is 2.87 bits per heavy atom. The average Bonchev–Trinajstić information content (AvgIpc) is 2.73. The van der Waals surface area contributed by atoms with Gasteiger partial charge in [0.15, 0.2) is 0 Å². The van der Waals surface area contributed by atoms with Crippen LogP contribution in [0.1, 0.15) is 43.9 Å². The summed E-state index contributed by atoms with van der Waals surface area (Å²) < 4.78 is 18.5. The van der Waals surface area contributed by atoms with Crippen LogP contribution < -0.4 is 10.6 Å². The third-order valence-corrected chi connectivity index (χ3v) is 5.18. The number of fused-ring (bicyclic) bond motifs is 1. The van der Waals surface area contributed by atoms with Gasteiger partial charge in [-0.2, -0.15) is 0 Å². The van der Waals surface area contributed by atoms with Gasteiger partial charge >= 0.3 is 5.97 Å². The predicted octanol–water partition coefficient (Wildman–Crippen LogP) is 1.99. The van der Waals surface area contributed by atoms with Crippen LogP contribution in [0.3, 0.4) is 0 Å². The fourth-order valence-corrected chi connectivity index (χ4v) is 3.54. The lowest BCUT2D eigenvalue weighted by atomic mass is 10.1. The third kappa shape index (κ3) is 8.23. The monoisotopic (exact) mass is 424 g/mol. The van der Waals surface area contributed by atoms with Crippen LogP contribution in [0.5, 0.6) is 0 Å². The predicted molar refractivity (Wildman–Crippen MR) is 112 cm³/mol. The molecule has 0 aliphatic carbocycles. The van der Waals surface area contributed by atoms with Crippen LogP contribution in [-0.2, 0) is 27.2 Å². The molecule has 1 amide bonds. The van der Waals surface area contributed by atoms with Crippen LogP contribution >= 0.6 is 0 Å². The molecule has 8 nitrogen and oxygen atoms in total. The van der Waals surface area contributed by atoms with Crippen molar-refractivity contribution in [3.63, 3.8) is 0 Å². The Bertz CT molecular complexity index is 704. The van der Waals surface area contributed by atoms with Crippen molar-refractivity contribution in [3.05, 3.63) is 23.4 Å². The quantitative estimate of drug-likeness (QED) is 0.416. The van der Waals surface area contributed by atoms with Crippen molar-refractivity contribution in [2.24, 2.45) is 0 Å². The van der Waals surface area contributed by atoms with E-state index in [2.05, 4.69) is 27.8 Å². The lowest BCUT2D eigenvalue weighted by molar-refractivity contribution is -0.141. The number of carboxylic acid groups (broad SMARTS) is 1. The molecule has 1 aromatic heterocycles. The summed E-state index contributed by atoms with van der Waals surface area (Å²) in [6, 6.07) is 3.21. The van der Waals surface area contributed by atoms with Crippen molar-refractivity contribution in [3.8, 4) is 0 Å². The number of amides is 1. The molecule has 30 heavy (non-hydrogen) atoms. The molecule has 1 aliphatic rings. The van der Waals surface area contributed by atoms with Crippen molar-refractivity contribution >= 4 is 17.7 Å². The zero-order valence-electron chi connectivity index (χ0n) is 17.8. The molecule has 0 saturated carbocycles. The highest BCUT2D eigenvalue weighted by Crippen LogP contribution is 2.20. The molecule has 2 unspecified atom stereocenters. The zero-order valence-corrected chi connectivity index (χ0v) is 17.8. The number of rotatable bonds is 13. The Hall–Kier alpha value is -2.26. The molecule has 3 N–H and O–H groups in total. The summed E-state index contributed by atoms with van der Waals surface area (Å²) in [7, 11) is 1.30. The molecule has 2 atom stereocenters. The normalized spacial score (nSPS) is 15.2. The van der Waals surface area contributed by atoms with Gasteiger partial charge in [0.2, 0.25) is 12.3 Å². The van der Waals surface area contributed by atoms with Gasteiger partial charge in [0, 0.05) is 32.8 Å². The van der Waals surface area contributed by atoms with E-state index in [1.54, 1.807) is 0 Å². The molecule has 0 saturated heterocycles. The maximum atomic E-state index is 13.7. The van der Waals surface area contributed by atoms with E-state index in [9.17, 15) is 19.1 Å². The van der Waals surface area contributed by atoms with Gasteiger partial charge in [-0.3, -0.25) is 9.69 Å². The van der Waals surface area contributed by atoms with E-state index in [1.807, 2.05) is 4.90 Å². The Kier molecular flexibility index (Phi) is 9.96. The first kappa shape index (κ1) is 24.0. The number of aliphatic carboxylic acids is 1. The molecule has 1 aromatic rings. The number of carbonyl (C=O) groups excluding carboxylic acids is 1. The van der Waals surface area contributed by atoms with Gasteiger partial charge < -0.3 is 20.5 Å². The maximum absolute atomic E-state index is 13.7. The van der Waals surface area contributed by atoms with Crippen LogP contribution in [0.4, 0.5) is 10.2 Å². The minimum atomic E-state index is -1.44. The summed E-state index contributed by atoms with van der Waals surface area (Å²) in [5.74, 6) is -0.513. The number of carboxylic acids is 1. The number of hydrogen-bond acceptors (Lipinski definition) is 6. The maximum Gasteiger partial charge on any atom is 0.326 e. The fourth-order valence-electron chi connectivity index (χ4n) is 3.54. The lowest BCUT2D eigenvalue weighted by Gasteiger charge is -2.25. The number of ether oxygens (including phenoxy) is 1. The number of aryl methyl sites for hydroxylation is 2. The summed E-state index contributed by atoms with van der Waals surface area (Å²) in [5, 5.41) is 15.0. The standard InChI is InChI=1S/C21H33FN4O4/c1-15(27)24-18(21(28)29)10-13-26(14-19(22)30-2)12-4-3-7-17-9-8-16-6-5-11-23-20(16)25-17/h8-9,18-19H,3-7,10-14H2,1-2H3,(H,23,25)(H,24,27)(H,28,29). The summed E-state index contributed by atoms with van der Waals surface area (Å²) in [4.78, 5) is 29.0. The Balaban J connectivity index is 1.82. The topological polar surface area (TPSA) is 104 Å². The van der Waals surface area contributed by atoms with Crippen LogP contribution in [0.2, 0.25) is 0 Å². The number of methoxy groups -OCH3 is 1. The molecular weight excluding hydrogens is 391 g/mol. The summed E-state index contributed by atoms with van der Waals surface area (Å²) in [5.41, 5.74) is 2.29. The van der Waals surface area contributed by atoms with Crippen molar-refractivity contribution < 1.29 is 23.8 Å². The number of hydrogen-bond donors (Lipinski definition) is 3. The minimum Gasteiger partial charge on any atom is -0.480 e. The zero-order chi connectivity index (χ0) is 21.9. The van der Waals surface area contributed by atoms with Crippen LogP contribution in [0.15, 0.2) is 12.1 Å². The first-order chi connectivity index (χ1) is 14.4. The smallest absolute Gasteiger partial charge is 0.326 e. The van der Waals surface area contributed by atoms with E-state index in [4.69, 9.17) is 4.74 Å². The van der Waals surface area contributed by atoms with E-state index in [0.717, 1.165) is 50.2 Å². The fraction of sp³-hybridized carbons (Fsp3) is 0.667. The molecule has 0 radical (unpaired) electrons. The molecule has 9 heteroatoms. The van der Waals surface area contributed by atoms with Gasteiger partial charge in [-0.15, -0.1) is 0 Å². The minimum absolute atomic E-state index is 0.0595. The Morgan fingerprint density at radius 1 is 1.37 bits per heavy atom. The van der Waals surface area contributed by atoms with Crippen molar-refractivity contribution in [2.45, 2.75) is 57.8 Å². The number of alkyl halides is 1. The average molecular weight is 425 g/mol. The number of pyridine rings is 1. The van der Waals surface area contributed by atoms with Crippen LogP contribution in [-0.4, -0.2) is 72.6 Å². The number of carbonyl (C=O) groups is 2. The highest BCUT2D eigenvalue weighted by molar-refractivity contribution is 5.82. The molecule has 1 aliphatic heterocycles. The van der Waals surface area contributed by atoms with E-state index in [0.29, 0.717) is 13.1 Å². The van der Waals surface area contributed by atoms with Gasteiger partial charge in [0.1, 0.15) is 11.9 Å². The number of anilines is 1.